The molecule has 0 bridgehead atoms. The second-order valence-corrected chi connectivity index (χ2v) is 8.78. The standard InChI is InChI=1S/C23H24N4O2/c1-25-9-16(10-25)20-8-15(14-6-7-14)11-26-12-17(24-21(20)26)13-27-22(28)18-4-2-3-5-19(18)23(27)29/h2-5,8,11-12,14,16,22,28H,6-7,9-10,13H2,1H3. The molecule has 6 rings (SSSR count). The van der Waals surface area contributed by atoms with Gasteiger partial charge in [-0.1, -0.05) is 18.2 Å². The Kier molecular flexibility index (Phi) is 3.64. The molecule has 6 nitrogen and oxygen atoms in total. The zero-order valence-electron chi connectivity index (χ0n) is 16.5. The fraction of sp³-hybridized carbons (Fsp3) is 0.391. The van der Waals surface area contributed by atoms with Crippen LogP contribution in [0.15, 0.2) is 42.7 Å². The van der Waals surface area contributed by atoms with Gasteiger partial charge in [-0.25, -0.2) is 4.98 Å². The van der Waals surface area contributed by atoms with Gasteiger partial charge in [0.1, 0.15) is 5.65 Å². The molecule has 4 heterocycles. The number of benzene rings is 1. The summed E-state index contributed by atoms with van der Waals surface area (Å²) < 4.78 is 2.14. The van der Waals surface area contributed by atoms with Crippen molar-refractivity contribution >= 4 is 11.6 Å². The summed E-state index contributed by atoms with van der Waals surface area (Å²) in [7, 11) is 2.15. The van der Waals surface area contributed by atoms with Gasteiger partial charge < -0.3 is 19.3 Å². The number of pyridine rings is 1. The van der Waals surface area contributed by atoms with E-state index in [9.17, 15) is 9.90 Å². The highest BCUT2D eigenvalue weighted by molar-refractivity contribution is 5.98. The van der Waals surface area contributed by atoms with E-state index in [-0.39, 0.29) is 5.91 Å². The smallest absolute Gasteiger partial charge is 0.256 e. The summed E-state index contributed by atoms with van der Waals surface area (Å²) in [5.74, 6) is 1.06. The highest BCUT2D eigenvalue weighted by Gasteiger charge is 2.36. The molecular weight excluding hydrogens is 364 g/mol. The number of likely N-dealkylation sites (N-methyl/N-ethyl adjacent to an activating group) is 1. The van der Waals surface area contributed by atoms with E-state index in [1.54, 1.807) is 6.07 Å². The van der Waals surface area contributed by atoms with Crippen LogP contribution in [0.5, 0.6) is 0 Å². The minimum atomic E-state index is -0.912. The van der Waals surface area contributed by atoms with Gasteiger partial charge in [0, 0.05) is 48.1 Å². The molecule has 148 valence electrons. The van der Waals surface area contributed by atoms with Gasteiger partial charge in [0.15, 0.2) is 6.23 Å². The zero-order valence-corrected chi connectivity index (χ0v) is 16.5. The van der Waals surface area contributed by atoms with Crippen molar-refractivity contribution in [3.05, 3.63) is 70.7 Å². The molecule has 1 aliphatic carbocycles. The number of aliphatic hydroxyl groups is 1. The molecule has 1 saturated carbocycles. The third-order valence-electron chi connectivity index (χ3n) is 6.56. The van der Waals surface area contributed by atoms with Crippen LogP contribution in [0.2, 0.25) is 0 Å². The Hall–Kier alpha value is -2.70. The number of rotatable bonds is 4. The first-order valence-corrected chi connectivity index (χ1v) is 10.4. The third-order valence-corrected chi connectivity index (χ3v) is 6.56. The molecule has 1 aromatic carbocycles. The summed E-state index contributed by atoms with van der Waals surface area (Å²) in [6, 6.07) is 9.63. The highest BCUT2D eigenvalue weighted by Crippen LogP contribution is 2.42. The Labute approximate surface area is 169 Å². The monoisotopic (exact) mass is 388 g/mol. The Morgan fingerprint density at radius 3 is 2.62 bits per heavy atom. The SMILES string of the molecule is CN1CC(c2cc(C3CC3)cn3cc(CN4C(=O)c5ccccc5C4O)nc23)C1. The van der Waals surface area contributed by atoms with Gasteiger partial charge >= 0.3 is 0 Å². The van der Waals surface area contributed by atoms with Crippen LogP contribution in [-0.2, 0) is 6.54 Å². The van der Waals surface area contributed by atoms with Crippen molar-refractivity contribution in [3.8, 4) is 0 Å². The number of nitrogens with zero attached hydrogens (tertiary/aromatic N) is 4. The number of hydrogen-bond acceptors (Lipinski definition) is 4. The van der Waals surface area contributed by atoms with E-state index in [4.69, 9.17) is 4.98 Å². The van der Waals surface area contributed by atoms with Gasteiger partial charge in [-0.15, -0.1) is 0 Å². The first kappa shape index (κ1) is 17.2. The maximum atomic E-state index is 12.8. The van der Waals surface area contributed by atoms with E-state index >= 15 is 0 Å². The van der Waals surface area contributed by atoms with E-state index < -0.39 is 6.23 Å². The number of imidazole rings is 1. The molecule has 29 heavy (non-hydrogen) atoms. The van der Waals surface area contributed by atoms with Crippen LogP contribution in [0.25, 0.3) is 5.65 Å². The summed E-state index contributed by atoms with van der Waals surface area (Å²) >= 11 is 0. The van der Waals surface area contributed by atoms with Crippen LogP contribution in [-0.4, -0.2) is 50.3 Å². The number of carbonyl (C=O) groups is 1. The predicted molar refractivity (Wildman–Crippen MR) is 109 cm³/mol. The maximum absolute atomic E-state index is 12.8. The minimum Gasteiger partial charge on any atom is -0.369 e. The number of carbonyl (C=O) groups excluding carboxylic acids is 1. The molecule has 2 aromatic heterocycles. The molecule has 1 atom stereocenters. The highest BCUT2D eigenvalue weighted by atomic mass is 16.3. The van der Waals surface area contributed by atoms with Crippen molar-refractivity contribution in [1.82, 2.24) is 19.2 Å². The quantitative estimate of drug-likeness (QED) is 0.747. The molecule has 2 aliphatic heterocycles. The van der Waals surface area contributed by atoms with E-state index in [0.717, 1.165) is 24.4 Å². The first-order valence-electron chi connectivity index (χ1n) is 10.4. The molecule has 3 aliphatic rings. The van der Waals surface area contributed by atoms with Gasteiger partial charge in [0.25, 0.3) is 5.91 Å². The van der Waals surface area contributed by atoms with Crippen molar-refractivity contribution < 1.29 is 9.90 Å². The second kappa shape index (κ2) is 6.15. The van der Waals surface area contributed by atoms with Crippen molar-refractivity contribution in [2.24, 2.45) is 0 Å². The Morgan fingerprint density at radius 2 is 1.90 bits per heavy atom. The first-order chi connectivity index (χ1) is 14.1. The van der Waals surface area contributed by atoms with Crippen LogP contribution in [0.4, 0.5) is 0 Å². The van der Waals surface area contributed by atoms with Gasteiger partial charge in [0.2, 0.25) is 0 Å². The molecule has 1 amide bonds. The van der Waals surface area contributed by atoms with Gasteiger partial charge in [-0.2, -0.15) is 0 Å². The van der Waals surface area contributed by atoms with Crippen LogP contribution in [0, 0.1) is 0 Å². The fourth-order valence-electron chi connectivity index (χ4n) is 4.79. The molecule has 1 unspecified atom stereocenters. The van der Waals surface area contributed by atoms with E-state index in [1.807, 2.05) is 24.4 Å². The lowest BCUT2D eigenvalue weighted by Gasteiger charge is -2.36. The molecule has 3 aromatic rings. The number of aromatic nitrogens is 2. The molecule has 0 spiro atoms. The van der Waals surface area contributed by atoms with E-state index in [2.05, 4.69) is 28.6 Å². The number of aliphatic hydroxyl groups excluding tert-OH is 1. The molecule has 2 fully saturated rings. The van der Waals surface area contributed by atoms with Crippen LogP contribution in [0.3, 0.4) is 0 Å². The summed E-state index contributed by atoms with van der Waals surface area (Å²) in [6.07, 6.45) is 5.85. The average Bonchev–Trinajstić information content (AvgIpc) is 3.43. The lowest BCUT2D eigenvalue weighted by molar-refractivity contribution is 0.0132. The largest absolute Gasteiger partial charge is 0.369 e. The average molecular weight is 388 g/mol. The lowest BCUT2D eigenvalue weighted by atomic mass is 9.91. The van der Waals surface area contributed by atoms with Gasteiger partial charge in [0.05, 0.1) is 12.2 Å². The minimum absolute atomic E-state index is 0.135. The summed E-state index contributed by atoms with van der Waals surface area (Å²) in [5, 5.41) is 10.7. The van der Waals surface area contributed by atoms with Crippen molar-refractivity contribution in [2.75, 3.05) is 20.1 Å². The lowest BCUT2D eigenvalue weighted by Crippen LogP contribution is -2.42. The number of amides is 1. The van der Waals surface area contributed by atoms with Crippen molar-refractivity contribution in [2.45, 2.75) is 37.5 Å². The van der Waals surface area contributed by atoms with Crippen LogP contribution in [0.1, 0.15) is 63.6 Å². The Balaban J connectivity index is 1.36. The van der Waals surface area contributed by atoms with Gasteiger partial charge in [-0.05, 0) is 43.5 Å². The summed E-state index contributed by atoms with van der Waals surface area (Å²) in [5.41, 5.74) is 5.77. The fourth-order valence-corrected chi connectivity index (χ4v) is 4.79. The number of fused-ring (bicyclic) bond motifs is 2. The number of hydrogen-bond donors (Lipinski definition) is 1. The maximum Gasteiger partial charge on any atom is 0.256 e. The number of likely N-dealkylation sites (tertiary alicyclic amines) is 1. The normalized spacial score (nSPS) is 22.3. The Morgan fingerprint density at radius 1 is 1.10 bits per heavy atom. The van der Waals surface area contributed by atoms with Crippen molar-refractivity contribution in [3.63, 3.8) is 0 Å². The molecule has 1 N–H and O–H groups in total. The van der Waals surface area contributed by atoms with E-state index in [1.165, 1.54) is 28.9 Å². The Bertz CT molecular complexity index is 1130. The molecule has 0 radical (unpaired) electrons. The predicted octanol–water partition coefficient (Wildman–Crippen LogP) is 2.89. The topological polar surface area (TPSA) is 61.1 Å². The van der Waals surface area contributed by atoms with Crippen LogP contribution >= 0.6 is 0 Å². The second-order valence-electron chi connectivity index (χ2n) is 8.78. The zero-order chi connectivity index (χ0) is 19.7. The molecule has 1 saturated heterocycles. The summed E-state index contributed by atoms with van der Waals surface area (Å²) in [4.78, 5) is 21.5. The third kappa shape index (κ3) is 2.70. The molecular formula is C23H24N4O2. The van der Waals surface area contributed by atoms with E-state index in [0.29, 0.717) is 29.5 Å². The summed E-state index contributed by atoms with van der Waals surface area (Å²) in [6.45, 7) is 2.42. The van der Waals surface area contributed by atoms with Crippen LogP contribution < -0.4 is 0 Å². The van der Waals surface area contributed by atoms with Gasteiger partial charge in [-0.3, -0.25) is 4.79 Å². The molecule has 6 heteroatoms. The van der Waals surface area contributed by atoms with Crippen molar-refractivity contribution in [1.29, 1.82) is 0 Å².